The van der Waals surface area contributed by atoms with Gasteiger partial charge in [0.15, 0.2) is 40.6 Å². The van der Waals surface area contributed by atoms with E-state index in [1.54, 1.807) is 0 Å². The molecule has 10 aromatic carbocycles. The van der Waals surface area contributed by atoms with Gasteiger partial charge in [-0.05, 0) is 110 Å². The molecule has 0 spiro atoms. The number of para-hydroxylation sites is 3. The van der Waals surface area contributed by atoms with E-state index in [1.807, 2.05) is 115 Å². The second-order valence-corrected chi connectivity index (χ2v) is 23.1. The molecule has 408 valence electrons. The summed E-state index contributed by atoms with van der Waals surface area (Å²) in [7, 11) is -0.638. The zero-order chi connectivity index (χ0) is 57.2. The summed E-state index contributed by atoms with van der Waals surface area (Å²) in [4.78, 5) is 32.8. The molecule has 1 unspecified atom stereocenters. The molecule has 0 N–H and O–H groups in total. The van der Waals surface area contributed by atoms with Crippen LogP contribution in [0.25, 0.3) is 95.6 Å². The summed E-state index contributed by atoms with van der Waals surface area (Å²) in [5.41, 5.74) is 11.8. The van der Waals surface area contributed by atoms with Crippen LogP contribution in [0.5, 0.6) is 11.5 Å². The summed E-state index contributed by atoms with van der Waals surface area (Å²) >= 11 is 3.71. The van der Waals surface area contributed by atoms with E-state index in [0.29, 0.717) is 53.0 Å². The fourth-order valence-electron chi connectivity index (χ4n) is 11.7. The van der Waals surface area contributed by atoms with Crippen molar-refractivity contribution in [2.45, 2.75) is 38.4 Å². The van der Waals surface area contributed by atoms with E-state index in [0.717, 1.165) is 82.5 Å². The number of hydrogen-bond acceptors (Lipinski definition) is 10. The minimum atomic E-state index is -0.735. The Morgan fingerprint density at radius 3 is 1.66 bits per heavy atom. The van der Waals surface area contributed by atoms with Crippen LogP contribution in [0.1, 0.15) is 26.3 Å². The predicted molar refractivity (Wildman–Crippen MR) is 343 cm³/mol. The molecule has 0 aliphatic carbocycles. The molecule has 0 amide bonds. The highest BCUT2D eigenvalue weighted by molar-refractivity contribution is 9.10. The van der Waals surface area contributed by atoms with Crippen LogP contribution in [-0.4, -0.2) is 52.8 Å². The molecule has 85 heavy (non-hydrogen) atoms. The topological polar surface area (TPSA) is 113 Å². The molecule has 1 fully saturated rings. The third-order valence-corrected chi connectivity index (χ3v) is 16.8. The van der Waals surface area contributed by atoms with E-state index < -0.39 is 18.3 Å². The molecule has 15 rings (SSSR count). The van der Waals surface area contributed by atoms with Crippen molar-refractivity contribution in [2.75, 3.05) is 4.90 Å². The molecule has 2 aliphatic heterocycles. The van der Waals surface area contributed by atoms with Gasteiger partial charge in [-0.1, -0.05) is 198 Å². The summed E-state index contributed by atoms with van der Waals surface area (Å²) in [5.74, 6) is 4.72. The quantitative estimate of drug-likeness (QED) is 0.116. The summed E-state index contributed by atoms with van der Waals surface area (Å²) < 4.78 is 24.1. The molecule has 2 aliphatic rings. The van der Waals surface area contributed by atoms with Gasteiger partial charge < -0.3 is 18.6 Å². The first-order valence-corrected chi connectivity index (χ1v) is 29.1. The molecular weight excluding hydrogens is 1120 g/mol. The van der Waals surface area contributed by atoms with Crippen molar-refractivity contribution in [3.05, 3.63) is 259 Å². The SMILES string of the molecule is CC1(C)OB(c2cccc(-c3ccc4c(c3)Oc3ccccc3N4c3nc(-c4ccccc4)nc(-c4ccccc4)n3)c2)OC1(C)Cc1cccc(-c2nc(-c3ccccc3)nc(-c3cccc(-n4c5ccccc5c5cc(Br)ccc54)c3)n2)c1. The van der Waals surface area contributed by atoms with E-state index in [9.17, 15) is 0 Å². The lowest BCUT2D eigenvalue weighted by atomic mass is 9.78. The first-order valence-electron chi connectivity index (χ1n) is 28.3. The molecule has 3 aromatic heterocycles. The van der Waals surface area contributed by atoms with E-state index >= 15 is 0 Å². The number of anilines is 3. The van der Waals surface area contributed by atoms with Crippen molar-refractivity contribution >= 4 is 67.6 Å². The number of hydrogen-bond donors (Lipinski definition) is 0. The minimum Gasteiger partial charge on any atom is -0.453 e. The number of fused-ring (bicyclic) bond motifs is 5. The normalized spacial score (nSPS) is 15.2. The van der Waals surface area contributed by atoms with E-state index in [2.05, 4.69) is 180 Å². The van der Waals surface area contributed by atoms with Crippen molar-refractivity contribution in [1.29, 1.82) is 0 Å². The van der Waals surface area contributed by atoms with Crippen LogP contribution in [-0.2, 0) is 15.7 Å². The van der Waals surface area contributed by atoms with E-state index in [-0.39, 0.29) is 0 Å². The molecular formula is C72H52BBrN8O3. The maximum atomic E-state index is 7.10. The van der Waals surface area contributed by atoms with Gasteiger partial charge in [-0.15, -0.1) is 0 Å². The van der Waals surface area contributed by atoms with Crippen LogP contribution < -0.4 is 15.1 Å². The Labute approximate surface area is 500 Å². The predicted octanol–water partition coefficient (Wildman–Crippen LogP) is 17.0. The van der Waals surface area contributed by atoms with Gasteiger partial charge >= 0.3 is 7.12 Å². The lowest BCUT2D eigenvalue weighted by molar-refractivity contribution is -0.00876. The number of nitrogens with zero attached hydrogens (tertiary/aromatic N) is 8. The van der Waals surface area contributed by atoms with Crippen LogP contribution in [0.15, 0.2) is 253 Å². The number of rotatable bonds is 11. The van der Waals surface area contributed by atoms with Crippen LogP contribution in [0.3, 0.4) is 0 Å². The molecule has 11 nitrogen and oxygen atoms in total. The highest BCUT2D eigenvalue weighted by atomic mass is 79.9. The molecule has 1 atom stereocenters. The Hall–Kier alpha value is -9.92. The average molecular weight is 1170 g/mol. The van der Waals surface area contributed by atoms with Gasteiger partial charge in [0.1, 0.15) is 0 Å². The Kier molecular flexibility index (Phi) is 12.9. The van der Waals surface area contributed by atoms with Gasteiger partial charge in [0, 0.05) is 55.2 Å². The van der Waals surface area contributed by atoms with Crippen LogP contribution in [0.4, 0.5) is 17.3 Å². The highest BCUT2D eigenvalue weighted by Crippen LogP contribution is 2.51. The van der Waals surface area contributed by atoms with E-state index in [4.69, 9.17) is 43.9 Å². The largest absolute Gasteiger partial charge is 0.494 e. The summed E-state index contributed by atoms with van der Waals surface area (Å²) in [6.07, 6.45) is 0.561. The fraction of sp³-hybridized carbons (Fsp3) is 0.0833. The Bertz CT molecular complexity index is 4660. The van der Waals surface area contributed by atoms with Gasteiger partial charge in [0.05, 0.1) is 33.6 Å². The van der Waals surface area contributed by atoms with Crippen LogP contribution >= 0.6 is 15.9 Å². The first-order chi connectivity index (χ1) is 41.6. The van der Waals surface area contributed by atoms with Crippen molar-refractivity contribution in [3.8, 4) is 85.3 Å². The lowest BCUT2D eigenvalue weighted by Crippen LogP contribution is -2.46. The molecule has 1 saturated heterocycles. The highest BCUT2D eigenvalue weighted by Gasteiger charge is 2.54. The lowest BCUT2D eigenvalue weighted by Gasteiger charge is -2.36. The third kappa shape index (κ3) is 9.62. The second-order valence-electron chi connectivity index (χ2n) is 22.2. The van der Waals surface area contributed by atoms with Gasteiger partial charge in [-0.3, -0.25) is 4.90 Å². The maximum absolute atomic E-state index is 7.10. The number of ether oxygens (including phenoxy) is 1. The summed E-state index contributed by atoms with van der Waals surface area (Å²) in [6, 6.07) is 84.6. The summed E-state index contributed by atoms with van der Waals surface area (Å²) in [5, 5.41) is 2.36. The molecule has 0 bridgehead atoms. The number of benzene rings is 10. The third-order valence-electron chi connectivity index (χ3n) is 16.3. The van der Waals surface area contributed by atoms with Crippen molar-refractivity contribution in [1.82, 2.24) is 34.5 Å². The van der Waals surface area contributed by atoms with Crippen LogP contribution in [0, 0.1) is 0 Å². The molecule has 13 heteroatoms. The molecule has 5 heterocycles. The summed E-state index contributed by atoms with van der Waals surface area (Å²) in [6.45, 7) is 6.36. The van der Waals surface area contributed by atoms with Gasteiger partial charge in [0.2, 0.25) is 5.95 Å². The monoisotopic (exact) mass is 1170 g/mol. The molecule has 0 radical (unpaired) electrons. The Balaban J connectivity index is 0.725. The number of aromatic nitrogens is 7. The zero-order valence-corrected chi connectivity index (χ0v) is 48.2. The van der Waals surface area contributed by atoms with Gasteiger partial charge in [0.25, 0.3) is 0 Å². The Morgan fingerprint density at radius 1 is 0.412 bits per heavy atom. The van der Waals surface area contributed by atoms with Crippen molar-refractivity contribution in [3.63, 3.8) is 0 Å². The van der Waals surface area contributed by atoms with Crippen molar-refractivity contribution in [2.24, 2.45) is 0 Å². The maximum Gasteiger partial charge on any atom is 0.494 e. The first kappa shape index (κ1) is 51.9. The number of halogens is 1. The minimum absolute atomic E-state index is 0.479. The van der Waals surface area contributed by atoms with Gasteiger partial charge in [-0.2, -0.15) is 9.97 Å². The fourth-order valence-corrected chi connectivity index (χ4v) is 12.0. The van der Waals surface area contributed by atoms with Crippen molar-refractivity contribution < 1.29 is 14.0 Å². The van der Waals surface area contributed by atoms with Gasteiger partial charge in [-0.25, -0.2) is 19.9 Å². The van der Waals surface area contributed by atoms with Crippen LogP contribution in [0.2, 0.25) is 0 Å². The Morgan fingerprint density at radius 2 is 0.953 bits per heavy atom. The molecule has 0 saturated carbocycles. The zero-order valence-electron chi connectivity index (χ0n) is 46.6. The standard InChI is InChI=1S/C72H52BBrN8O3/c1-71(2)72(3,45-46-20-17-28-52(40-46)68-75-65(47-21-7-4-8-22-47)76-69(78-68)53-29-19-31-56(42-53)81-59-33-14-13-32-57(59)58-44-55(74)37-39-60(58)81)85-73(84-71)54-30-18-27-50(41-54)51-36-38-62-64(43-51)83-63-35-16-15-34-61(63)82(62)70-79-66(48-23-9-5-10-24-48)77-67(80-70)49-25-11-6-12-26-49/h4-44H,45H2,1-3H3. The van der Waals surface area contributed by atoms with E-state index in [1.165, 1.54) is 10.8 Å². The smallest absolute Gasteiger partial charge is 0.453 e. The second kappa shape index (κ2) is 21.1. The molecule has 13 aromatic rings. The average Bonchev–Trinajstić information content (AvgIpc) is 2.20.